The number of benzene rings is 2. The number of para-hydroxylation sites is 1. The van der Waals surface area contributed by atoms with Crippen molar-refractivity contribution in [3.05, 3.63) is 65.2 Å². The minimum Gasteiger partial charge on any atom is -0.486 e. The molecule has 2 heterocycles. The Bertz CT molecular complexity index is 861. The van der Waals surface area contributed by atoms with Crippen LogP contribution in [0.25, 0.3) is 0 Å². The third-order valence-corrected chi connectivity index (χ3v) is 5.78. The van der Waals surface area contributed by atoms with Crippen LogP contribution in [0.3, 0.4) is 0 Å². The number of Topliss-reactive ketones (excluding diaryl/α,β-unsaturated/α-hetero) is 1. The maximum Gasteiger partial charge on any atom is 0.253 e. The molecule has 140 valence electrons. The average molecular weight is 363 g/mol. The number of likely N-dealkylation sites (tertiary alicyclic amines) is 1. The van der Waals surface area contributed by atoms with Gasteiger partial charge in [-0.15, -0.1) is 0 Å². The number of ketones is 1. The van der Waals surface area contributed by atoms with Gasteiger partial charge in [0, 0.05) is 31.5 Å². The van der Waals surface area contributed by atoms with E-state index in [2.05, 4.69) is 13.8 Å². The second-order valence-electron chi connectivity index (χ2n) is 7.95. The van der Waals surface area contributed by atoms with Gasteiger partial charge in [-0.3, -0.25) is 9.59 Å². The average Bonchev–Trinajstić information content (AvgIpc) is 2.68. The number of piperidine rings is 1. The molecule has 0 aliphatic carbocycles. The quantitative estimate of drug-likeness (QED) is 0.792. The fourth-order valence-electron chi connectivity index (χ4n) is 4.03. The summed E-state index contributed by atoms with van der Waals surface area (Å²) in [4.78, 5) is 27.2. The molecule has 2 aliphatic heterocycles. The maximum atomic E-state index is 12.8. The largest absolute Gasteiger partial charge is 0.486 e. The Kier molecular flexibility index (Phi) is 4.50. The van der Waals surface area contributed by atoms with Crippen molar-refractivity contribution in [3.63, 3.8) is 0 Å². The summed E-state index contributed by atoms with van der Waals surface area (Å²) in [6.07, 6.45) is 1.76. The highest BCUT2D eigenvalue weighted by Crippen LogP contribution is 2.39. The highest BCUT2D eigenvalue weighted by molar-refractivity contribution is 6.00. The van der Waals surface area contributed by atoms with Crippen molar-refractivity contribution in [3.8, 4) is 5.75 Å². The number of fused-ring (bicyclic) bond motifs is 1. The molecule has 2 aromatic carbocycles. The van der Waals surface area contributed by atoms with E-state index in [0.717, 1.165) is 5.56 Å². The van der Waals surface area contributed by atoms with Crippen molar-refractivity contribution in [2.75, 3.05) is 13.1 Å². The Morgan fingerprint density at radius 3 is 2.37 bits per heavy atom. The molecule has 0 atom stereocenters. The summed E-state index contributed by atoms with van der Waals surface area (Å²) in [5, 5.41) is 0. The third kappa shape index (κ3) is 3.36. The monoisotopic (exact) mass is 363 g/mol. The standard InChI is InChI=1S/C23H25NO3/c1-16(2)17-7-9-18(10-8-17)22(26)24-13-11-23(12-14-24)15-20(25)19-5-3-4-6-21(19)27-23/h3-10,16H,11-15H2,1-2H3. The van der Waals surface area contributed by atoms with Crippen molar-refractivity contribution in [1.29, 1.82) is 0 Å². The van der Waals surface area contributed by atoms with Gasteiger partial charge >= 0.3 is 0 Å². The fraction of sp³-hybridized carbons (Fsp3) is 0.391. The molecule has 27 heavy (non-hydrogen) atoms. The molecule has 0 saturated carbocycles. The lowest BCUT2D eigenvalue weighted by atomic mass is 9.82. The Labute approximate surface area is 160 Å². The molecule has 4 rings (SSSR count). The molecular weight excluding hydrogens is 338 g/mol. The molecule has 0 aromatic heterocycles. The van der Waals surface area contributed by atoms with Crippen molar-refractivity contribution in [1.82, 2.24) is 4.90 Å². The van der Waals surface area contributed by atoms with Crippen LogP contribution in [0, 0.1) is 0 Å². The zero-order valence-corrected chi connectivity index (χ0v) is 15.9. The van der Waals surface area contributed by atoms with Gasteiger partial charge in [0.15, 0.2) is 5.78 Å². The number of amides is 1. The number of hydrogen-bond donors (Lipinski definition) is 0. The molecule has 1 fully saturated rings. The summed E-state index contributed by atoms with van der Waals surface area (Å²) in [5.41, 5.74) is 2.16. The number of carbonyl (C=O) groups is 2. The summed E-state index contributed by atoms with van der Waals surface area (Å²) < 4.78 is 6.25. The number of nitrogens with zero attached hydrogens (tertiary/aromatic N) is 1. The smallest absolute Gasteiger partial charge is 0.253 e. The van der Waals surface area contributed by atoms with Crippen molar-refractivity contribution in [2.45, 2.75) is 44.6 Å². The van der Waals surface area contributed by atoms with Gasteiger partial charge in [0.2, 0.25) is 0 Å². The molecule has 0 bridgehead atoms. The minimum absolute atomic E-state index is 0.0580. The molecule has 0 radical (unpaired) electrons. The number of hydrogen-bond acceptors (Lipinski definition) is 3. The fourth-order valence-corrected chi connectivity index (χ4v) is 4.03. The first-order valence-electron chi connectivity index (χ1n) is 9.68. The van der Waals surface area contributed by atoms with E-state index < -0.39 is 5.60 Å². The van der Waals surface area contributed by atoms with Crippen LogP contribution in [0.4, 0.5) is 0 Å². The van der Waals surface area contributed by atoms with E-state index in [1.165, 1.54) is 5.56 Å². The molecule has 0 unspecified atom stereocenters. The number of carbonyl (C=O) groups excluding carboxylic acids is 2. The van der Waals surface area contributed by atoms with Gasteiger partial charge in [-0.05, 0) is 35.7 Å². The summed E-state index contributed by atoms with van der Waals surface area (Å²) in [6, 6.07) is 15.3. The molecular formula is C23H25NO3. The van der Waals surface area contributed by atoms with Crippen molar-refractivity contribution in [2.24, 2.45) is 0 Å². The van der Waals surface area contributed by atoms with Crippen LogP contribution in [0.5, 0.6) is 5.75 Å². The van der Waals surface area contributed by atoms with Gasteiger partial charge in [-0.1, -0.05) is 38.1 Å². The topological polar surface area (TPSA) is 46.6 Å². The Balaban J connectivity index is 1.44. The Morgan fingerprint density at radius 1 is 1.04 bits per heavy atom. The first-order valence-corrected chi connectivity index (χ1v) is 9.68. The van der Waals surface area contributed by atoms with Gasteiger partial charge in [0.25, 0.3) is 5.91 Å². The first-order chi connectivity index (χ1) is 13.0. The van der Waals surface area contributed by atoms with E-state index in [-0.39, 0.29) is 11.7 Å². The predicted molar refractivity (Wildman–Crippen MR) is 104 cm³/mol. The van der Waals surface area contributed by atoms with Crippen LogP contribution in [0.15, 0.2) is 48.5 Å². The maximum absolute atomic E-state index is 12.8. The van der Waals surface area contributed by atoms with Gasteiger partial charge in [-0.2, -0.15) is 0 Å². The first kappa shape index (κ1) is 17.8. The summed E-state index contributed by atoms with van der Waals surface area (Å²) in [5.74, 6) is 1.33. The predicted octanol–water partition coefficient (Wildman–Crippen LogP) is 4.45. The van der Waals surface area contributed by atoms with E-state index >= 15 is 0 Å². The van der Waals surface area contributed by atoms with Crippen LogP contribution in [0.1, 0.15) is 65.3 Å². The van der Waals surface area contributed by atoms with Gasteiger partial charge < -0.3 is 9.64 Å². The molecule has 2 aromatic rings. The zero-order valence-electron chi connectivity index (χ0n) is 15.9. The Morgan fingerprint density at radius 2 is 1.70 bits per heavy atom. The summed E-state index contributed by atoms with van der Waals surface area (Å²) in [6.45, 7) is 5.51. The van der Waals surface area contributed by atoms with E-state index in [9.17, 15) is 9.59 Å². The lowest BCUT2D eigenvalue weighted by Crippen LogP contribution is -2.52. The highest BCUT2D eigenvalue weighted by Gasteiger charge is 2.43. The highest BCUT2D eigenvalue weighted by atomic mass is 16.5. The third-order valence-electron chi connectivity index (χ3n) is 5.78. The molecule has 1 spiro atoms. The van der Waals surface area contributed by atoms with Crippen LogP contribution >= 0.6 is 0 Å². The normalized spacial score (nSPS) is 18.3. The van der Waals surface area contributed by atoms with Gasteiger partial charge in [-0.25, -0.2) is 0 Å². The second-order valence-corrected chi connectivity index (χ2v) is 7.95. The van der Waals surface area contributed by atoms with E-state index in [0.29, 0.717) is 49.6 Å². The lowest BCUT2D eigenvalue weighted by molar-refractivity contribution is -0.00570. The molecule has 4 heteroatoms. The van der Waals surface area contributed by atoms with Crippen LogP contribution in [0.2, 0.25) is 0 Å². The molecule has 4 nitrogen and oxygen atoms in total. The van der Waals surface area contributed by atoms with Crippen molar-refractivity contribution >= 4 is 11.7 Å². The SMILES string of the molecule is CC(C)c1ccc(C(=O)N2CCC3(CC2)CC(=O)c2ccccc2O3)cc1. The second kappa shape index (κ2) is 6.84. The molecule has 1 amide bonds. The summed E-state index contributed by atoms with van der Waals surface area (Å²) >= 11 is 0. The van der Waals surface area contributed by atoms with E-state index in [4.69, 9.17) is 4.74 Å². The van der Waals surface area contributed by atoms with Crippen molar-refractivity contribution < 1.29 is 14.3 Å². The molecule has 1 saturated heterocycles. The van der Waals surface area contributed by atoms with Crippen LogP contribution in [-0.4, -0.2) is 35.3 Å². The zero-order chi connectivity index (χ0) is 19.0. The lowest BCUT2D eigenvalue weighted by Gasteiger charge is -2.44. The Hall–Kier alpha value is -2.62. The van der Waals surface area contributed by atoms with Gasteiger partial charge in [0.1, 0.15) is 11.4 Å². The molecule has 0 N–H and O–H groups in total. The molecule has 2 aliphatic rings. The number of ether oxygens (including phenoxy) is 1. The van der Waals surface area contributed by atoms with Crippen LogP contribution in [-0.2, 0) is 0 Å². The van der Waals surface area contributed by atoms with E-state index in [1.807, 2.05) is 53.4 Å². The van der Waals surface area contributed by atoms with Gasteiger partial charge in [0.05, 0.1) is 12.0 Å². The minimum atomic E-state index is -0.469. The number of rotatable bonds is 2. The van der Waals surface area contributed by atoms with Crippen LogP contribution < -0.4 is 4.74 Å². The summed E-state index contributed by atoms with van der Waals surface area (Å²) in [7, 11) is 0. The van der Waals surface area contributed by atoms with E-state index in [1.54, 1.807) is 0 Å².